The second kappa shape index (κ2) is 7.00. The Morgan fingerprint density at radius 1 is 0.923 bits per heavy atom. The van der Waals surface area contributed by atoms with E-state index in [0.717, 1.165) is 24.3 Å². The van der Waals surface area contributed by atoms with Gasteiger partial charge in [-0.15, -0.1) is 10.2 Å². The Labute approximate surface area is 157 Å². The van der Waals surface area contributed by atoms with Crippen molar-refractivity contribution in [1.29, 1.82) is 0 Å². The van der Waals surface area contributed by atoms with Gasteiger partial charge in [0.2, 0.25) is 4.34 Å². The highest BCUT2D eigenvalue weighted by molar-refractivity contribution is 8.05. The van der Waals surface area contributed by atoms with E-state index in [2.05, 4.69) is 10.2 Å². The first kappa shape index (κ1) is 18.9. The van der Waals surface area contributed by atoms with E-state index in [4.69, 9.17) is 11.6 Å². The first-order valence-corrected chi connectivity index (χ1v) is 11.0. The fraction of sp³-hybridized carbons (Fsp3) is 0. The van der Waals surface area contributed by atoms with Gasteiger partial charge in [0.15, 0.2) is 0 Å². The Morgan fingerprint density at radius 3 is 2.23 bits per heavy atom. The summed E-state index contributed by atoms with van der Waals surface area (Å²) in [7, 11) is -8.94. The van der Waals surface area contributed by atoms with Crippen LogP contribution in [0.5, 0.6) is 0 Å². The molecule has 0 fully saturated rings. The molecule has 0 saturated heterocycles. The summed E-state index contributed by atoms with van der Waals surface area (Å²) in [5.74, 6) is -0.652. The Morgan fingerprint density at radius 2 is 1.58 bits per heavy atom. The summed E-state index contributed by atoms with van der Waals surface area (Å²) in [5, 5.41) is 7.85. The molecule has 0 spiro atoms. The molecule has 0 atom stereocenters. The van der Waals surface area contributed by atoms with Crippen molar-refractivity contribution >= 4 is 43.0 Å². The molecule has 1 heterocycles. The lowest BCUT2D eigenvalue weighted by atomic mass is 10.2. The van der Waals surface area contributed by atoms with Crippen molar-refractivity contribution in [3.8, 4) is 10.6 Å². The van der Waals surface area contributed by atoms with Gasteiger partial charge in [0.1, 0.15) is 10.8 Å². The molecular formula is C14H9ClFN3O4S3. The molecule has 0 unspecified atom stereocenters. The van der Waals surface area contributed by atoms with E-state index in [-0.39, 0.29) is 5.01 Å². The predicted molar refractivity (Wildman–Crippen MR) is 94.3 cm³/mol. The molecule has 3 aromatic rings. The second-order valence-corrected chi connectivity index (χ2v) is 10.1. The van der Waals surface area contributed by atoms with Crippen LogP contribution in [0.3, 0.4) is 0 Å². The minimum absolute atomic E-state index is 0.218. The summed E-state index contributed by atoms with van der Waals surface area (Å²) >= 11 is 6.69. The van der Waals surface area contributed by atoms with Gasteiger partial charge in [-0.1, -0.05) is 45.3 Å². The zero-order valence-electron chi connectivity index (χ0n) is 12.6. The molecule has 1 aromatic heterocycles. The van der Waals surface area contributed by atoms with Gasteiger partial charge in [-0.2, -0.15) is 0 Å². The minimum atomic E-state index is -4.51. The summed E-state index contributed by atoms with van der Waals surface area (Å²) in [4.78, 5) is -0.404. The van der Waals surface area contributed by atoms with Crippen LogP contribution in [0, 0.1) is 5.82 Å². The first-order chi connectivity index (χ1) is 12.2. The maximum atomic E-state index is 12.9. The van der Waals surface area contributed by atoms with Crippen molar-refractivity contribution in [2.24, 2.45) is 0 Å². The predicted octanol–water partition coefficient (Wildman–Crippen LogP) is 2.66. The highest BCUT2D eigenvalue weighted by atomic mass is 35.5. The van der Waals surface area contributed by atoms with Crippen molar-refractivity contribution in [1.82, 2.24) is 14.3 Å². The molecule has 136 valence electrons. The monoisotopic (exact) mass is 433 g/mol. The molecule has 12 heteroatoms. The smallest absolute Gasteiger partial charge is 0.207 e. The van der Waals surface area contributed by atoms with Crippen LogP contribution in [0.25, 0.3) is 10.6 Å². The molecular weight excluding hydrogens is 425 g/mol. The Bertz CT molecular complexity index is 1160. The average Bonchev–Trinajstić information content (AvgIpc) is 3.05. The number of nitrogens with zero attached hydrogens (tertiary/aromatic N) is 2. The summed E-state index contributed by atoms with van der Waals surface area (Å²) < 4.78 is 63.0. The van der Waals surface area contributed by atoms with E-state index < -0.39 is 35.1 Å². The number of nitrogens with one attached hydrogen (secondary N) is 1. The Hall–Kier alpha value is -1.92. The molecule has 0 amide bonds. The molecule has 0 bridgehead atoms. The summed E-state index contributed by atoms with van der Waals surface area (Å²) in [5.41, 5.74) is 0.467. The van der Waals surface area contributed by atoms with Crippen molar-refractivity contribution in [2.75, 3.05) is 0 Å². The van der Waals surface area contributed by atoms with Crippen LogP contribution >= 0.6 is 22.9 Å². The van der Waals surface area contributed by atoms with E-state index >= 15 is 0 Å². The van der Waals surface area contributed by atoms with Crippen LogP contribution in [0.1, 0.15) is 0 Å². The van der Waals surface area contributed by atoms with E-state index in [9.17, 15) is 21.2 Å². The van der Waals surface area contributed by atoms with Crippen molar-refractivity contribution in [2.45, 2.75) is 9.24 Å². The number of halogens is 2. The van der Waals surface area contributed by atoms with Crippen molar-refractivity contribution in [3.05, 3.63) is 59.4 Å². The highest BCUT2D eigenvalue weighted by Crippen LogP contribution is 2.31. The molecule has 1 N–H and O–H groups in total. The molecule has 0 saturated carbocycles. The second-order valence-electron chi connectivity index (χ2n) is 4.90. The zero-order chi connectivity index (χ0) is 18.9. The van der Waals surface area contributed by atoms with Gasteiger partial charge in [0.05, 0.1) is 9.92 Å². The molecule has 7 nitrogen and oxygen atoms in total. The van der Waals surface area contributed by atoms with Crippen LogP contribution in [-0.4, -0.2) is 27.0 Å². The highest BCUT2D eigenvalue weighted by Gasteiger charge is 2.28. The maximum absolute atomic E-state index is 12.9. The lowest BCUT2D eigenvalue weighted by molar-refractivity contribution is 0.575. The Balaban J connectivity index is 1.92. The van der Waals surface area contributed by atoms with Gasteiger partial charge < -0.3 is 0 Å². The number of benzene rings is 2. The third kappa shape index (κ3) is 3.91. The van der Waals surface area contributed by atoms with Gasteiger partial charge in [0.25, 0.3) is 20.0 Å². The quantitative estimate of drug-likeness (QED) is 0.663. The lowest BCUT2D eigenvalue weighted by Crippen LogP contribution is -2.30. The largest absolute Gasteiger partial charge is 0.283 e. The third-order valence-electron chi connectivity index (χ3n) is 3.08. The number of aromatic nitrogens is 2. The van der Waals surface area contributed by atoms with Crippen molar-refractivity contribution < 1.29 is 21.2 Å². The average molecular weight is 434 g/mol. The molecule has 0 aliphatic heterocycles. The molecule has 2 aromatic carbocycles. The molecule has 0 radical (unpaired) electrons. The van der Waals surface area contributed by atoms with Gasteiger partial charge >= 0.3 is 0 Å². The summed E-state index contributed by atoms with van der Waals surface area (Å²) in [6.07, 6.45) is 0. The molecule has 0 aliphatic carbocycles. The third-order valence-corrected chi connectivity index (χ3v) is 8.26. The van der Waals surface area contributed by atoms with Gasteiger partial charge in [0, 0.05) is 5.56 Å². The van der Waals surface area contributed by atoms with Crippen LogP contribution < -0.4 is 4.13 Å². The van der Waals surface area contributed by atoms with Gasteiger partial charge in [-0.3, -0.25) is 0 Å². The fourth-order valence-corrected chi connectivity index (χ4v) is 6.25. The SMILES string of the molecule is O=S(=O)(NS(=O)(=O)c1nnc(-c2ccccc2Cl)s1)c1ccc(F)cc1. The number of rotatable bonds is 5. The lowest BCUT2D eigenvalue weighted by Gasteiger charge is -2.05. The van der Waals surface area contributed by atoms with E-state index in [1.54, 1.807) is 28.4 Å². The minimum Gasteiger partial charge on any atom is -0.207 e. The standard InChI is InChI=1S/C14H9ClFN3O4S3/c15-12-4-2-1-3-11(12)13-17-18-14(24-13)26(22,23)19-25(20,21)10-7-5-9(16)6-8-10/h1-8,19H. The van der Waals surface area contributed by atoms with E-state index in [1.165, 1.54) is 0 Å². The van der Waals surface area contributed by atoms with E-state index in [1.807, 2.05) is 0 Å². The molecule has 26 heavy (non-hydrogen) atoms. The van der Waals surface area contributed by atoms with Gasteiger partial charge in [-0.05, 0) is 30.3 Å². The van der Waals surface area contributed by atoms with Gasteiger partial charge in [-0.25, -0.2) is 21.2 Å². The summed E-state index contributed by atoms with van der Waals surface area (Å²) in [6.45, 7) is 0. The van der Waals surface area contributed by atoms with Crippen LogP contribution in [0.2, 0.25) is 5.02 Å². The topological polar surface area (TPSA) is 106 Å². The van der Waals surface area contributed by atoms with Crippen molar-refractivity contribution in [3.63, 3.8) is 0 Å². The zero-order valence-corrected chi connectivity index (χ0v) is 15.8. The van der Waals surface area contributed by atoms with Crippen LogP contribution in [0.15, 0.2) is 57.8 Å². The maximum Gasteiger partial charge on any atom is 0.283 e. The summed E-state index contributed by atoms with van der Waals surface area (Å²) in [6, 6.07) is 10.3. The van der Waals surface area contributed by atoms with Crippen LogP contribution in [-0.2, 0) is 20.0 Å². The number of hydrogen-bond donors (Lipinski definition) is 1. The molecule has 3 rings (SSSR count). The first-order valence-electron chi connectivity index (χ1n) is 6.82. The normalized spacial score (nSPS) is 12.2. The fourth-order valence-electron chi connectivity index (χ4n) is 1.90. The molecule has 0 aliphatic rings. The van der Waals surface area contributed by atoms with Crippen LogP contribution in [0.4, 0.5) is 4.39 Å². The number of hydrogen-bond acceptors (Lipinski definition) is 7. The van der Waals surface area contributed by atoms with E-state index in [0.29, 0.717) is 21.9 Å². The Kier molecular flexibility index (Phi) is 5.08. The number of sulfonamides is 2.